The van der Waals surface area contributed by atoms with Gasteiger partial charge >= 0.3 is 0 Å². The molecule has 0 N–H and O–H groups in total. The number of Topliss-reactive ketones (excluding diaryl/α,β-unsaturated/α-hetero) is 1. The number of aromatic nitrogens is 3. The van der Waals surface area contributed by atoms with E-state index >= 15 is 0 Å². The highest BCUT2D eigenvalue weighted by Crippen LogP contribution is 2.26. The van der Waals surface area contributed by atoms with E-state index in [9.17, 15) is 4.79 Å². The minimum atomic E-state index is 0.0951. The van der Waals surface area contributed by atoms with Crippen LogP contribution in [0.5, 0.6) is 0 Å². The SMILES string of the molecule is CC(=O)CCc1nc(-c2ncc(Br)cc2Br)no1. The minimum Gasteiger partial charge on any atom is -0.339 e. The second kappa shape index (κ2) is 5.71. The highest BCUT2D eigenvalue weighted by atomic mass is 79.9. The lowest BCUT2D eigenvalue weighted by Crippen LogP contribution is -1.94. The van der Waals surface area contributed by atoms with Crippen LogP contribution in [-0.4, -0.2) is 20.9 Å². The summed E-state index contributed by atoms with van der Waals surface area (Å²) in [4.78, 5) is 19.3. The number of halogens is 2. The maximum absolute atomic E-state index is 10.9. The molecule has 2 aromatic rings. The van der Waals surface area contributed by atoms with Crippen LogP contribution in [0.3, 0.4) is 0 Å². The van der Waals surface area contributed by atoms with Gasteiger partial charge in [-0.25, -0.2) is 0 Å². The van der Waals surface area contributed by atoms with Gasteiger partial charge in [0, 0.05) is 28.0 Å². The second-order valence-corrected chi connectivity index (χ2v) is 5.47. The molecule has 5 nitrogen and oxygen atoms in total. The van der Waals surface area contributed by atoms with Crippen molar-refractivity contribution in [1.82, 2.24) is 15.1 Å². The number of ketones is 1. The molecule has 0 saturated carbocycles. The van der Waals surface area contributed by atoms with E-state index in [4.69, 9.17) is 4.52 Å². The Morgan fingerprint density at radius 2 is 2.22 bits per heavy atom. The highest BCUT2D eigenvalue weighted by molar-refractivity contribution is 9.11. The molecule has 0 unspecified atom stereocenters. The Kier molecular flexibility index (Phi) is 4.23. The van der Waals surface area contributed by atoms with Crippen molar-refractivity contribution < 1.29 is 9.32 Å². The first-order valence-electron chi connectivity index (χ1n) is 5.19. The number of carbonyl (C=O) groups excluding carboxylic acids is 1. The number of nitrogens with zero attached hydrogens (tertiary/aromatic N) is 3. The van der Waals surface area contributed by atoms with Crippen molar-refractivity contribution in [3.63, 3.8) is 0 Å². The lowest BCUT2D eigenvalue weighted by atomic mass is 10.2. The molecule has 2 rings (SSSR count). The third kappa shape index (κ3) is 3.23. The topological polar surface area (TPSA) is 68.9 Å². The average molecular weight is 375 g/mol. The van der Waals surface area contributed by atoms with E-state index in [2.05, 4.69) is 47.0 Å². The van der Waals surface area contributed by atoms with E-state index in [-0.39, 0.29) is 5.78 Å². The van der Waals surface area contributed by atoms with Crippen molar-refractivity contribution in [2.45, 2.75) is 19.8 Å². The summed E-state index contributed by atoms with van der Waals surface area (Å²) in [5, 5.41) is 3.85. The Bertz CT molecular complexity index is 583. The molecule has 0 aromatic carbocycles. The molecule has 0 aliphatic rings. The van der Waals surface area contributed by atoms with E-state index in [0.29, 0.717) is 30.3 Å². The van der Waals surface area contributed by atoms with Gasteiger partial charge in [-0.1, -0.05) is 5.16 Å². The van der Waals surface area contributed by atoms with Crippen LogP contribution < -0.4 is 0 Å². The summed E-state index contributed by atoms with van der Waals surface area (Å²) in [7, 11) is 0. The number of carbonyl (C=O) groups is 1. The highest BCUT2D eigenvalue weighted by Gasteiger charge is 2.13. The van der Waals surface area contributed by atoms with Crippen molar-refractivity contribution in [3.8, 4) is 11.5 Å². The summed E-state index contributed by atoms with van der Waals surface area (Å²) >= 11 is 6.71. The number of hydrogen-bond acceptors (Lipinski definition) is 5. The molecule has 7 heteroatoms. The van der Waals surface area contributed by atoms with Crippen LogP contribution in [0.1, 0.15) is 19.2 Å². The van der Waals surface area contributed by atoms with Crippen molar-refractivity contribution in [2.24, 2.45) is 0 Å². The molecule has 0 aliphatic heterocycles. The molecule has 0 spiro atoms. The summed E-state index contributed by atoms with van der Waals surface area (Å²) in [5.41, 5.74) is 0.607. The van der Waals surface area contributed by atoms with Crippen molar-refractivity contribution >= 4 is 37.6 Å². The van der Waals surface area contributed by atoms with Crippen molar-refractivity contribution in [1.29, 1.82) is 0 Å². The molecule has 0 fully saturated rings. The molecule has 0 atom stereocenters. The average Bonchev–Trinajstić information content (AvgIpc) is 2.75. The Morgan fingerprint density at radius 1 is 1.44 bits per heavy atom. The van der Waals surface area contributed by atoms with Crippen LogP contribution in [0, 0.1) is 0 Å². The van der Waals surface area contributed by atoms with Gasteiger partial charge in [-0.2, -0.15) is 4.98 Å². The summed E-state index contributed by atoms with van der Waals surface area (Å²) < 4.78 is 6.70. The van der Waals surface area contributed by atoms with E-state index in [1.165, 1.54) is 6.92 Å². The standard InChI is InChI=1S/C11H9Br2N3O2/c1-6(17)2-3-9-15-11(16-18-9)10-8(13)4-7(12)5-14-10/h4-5H,2-3H2,1H3. The maximum Gasteiger partial charge on any atom is 0.227 e. The number of aryl methyl sites for hydroxylation is 1. The first-order valence-corrected chi connectivity index (χ1v) is 6.78. The first kappa shape index (κ1) is 13.4. The molecule has 18 heavy (non-hydrogen) atoms. The summed E-state index contributed by atoms with van der Waals surface area (Å²) in [6.07, 6.45) is 2.51. The fraction of sp³-hybridized carbons (Fsp3) is 0.273. The normalized spacial score (nSPS) is 10.6. The molecule has 0 aliphatic carbocycles. The van der Waals surface area contributed by atoms with Crippen LogP contribution in [-0.2, 0) is 11.2 Å². The van der Waals surface area contributed by atoms with Gasteiger partial charge in [-0.15, -0.1) is 0 Å². The van der Waals surface area contributed by atoms with Gasteiger partial charge in [0.05, 0.1) is 0 Å². The second-order valence-electron chi connectivity index (χ2n) is 3.70. The Labute approximate surface area is 120 Å². The molecule has 2 aromatic heterocycles. The monoisotopic (exact) mass is 373 g/mol. The zero-order valence-corrected chi connectivity index (χ0v) is 12.7. The van der Waals surface area contributed by atoms with Gasteiger partial charge in [0.25, 0.3) is 0 Å². The summed E-state index contributed by atoms with van der Waals surface area (Å²) in [5.74, 6) is 0.947. The van der Waals surface area contributed by atoms with E-state index in [1.807, 2.05) is 6.07 Å². The maximum atomic E-state index is 10.9. The smallest absolute Gasteiger partial charge is 0.227 e. The van der Waals surface area contributed by atoms with Gasteiger partial charge in [0.1, 0.15) is 11.5 Å². The van der Waals surface area contributed by atoms with E-state index < -0.39 is 0 Å². The lowest BCUT2D eigenvalue weighted by Gasteiger charge is -1.97. The minimum absolute atomic E-state index is 0.0951. The molecular formula is C11H9Br2N3O2. The largest absolute Gasteiger partial charge is 0.339 e. The van der Waals surface area contributed by atoms with Crippen LogP contribution in [0.2, 0.25) is 0 Å². The predicted molar refractivity (Wildman–Crippen MR) is 71.9 cm³/mol. The zero-order chi connectivity index (χ0) is 13.1. The molecule has 0 radical (unpaired) electrons. The molecule has 2 heterocycles. The van der Waals surface area contributed by atoms with Crippen LogP contribution in [0.15, 0.2) is 25.7 Å². The fourth-order valence-electron chi connectivity index (χ4n) is 1.31. The number of rotatable bonds is 4. The molecule has 0 saturated heterocycles. The zero-order valence-electron chi connectivity index (χ0n) is 9.48. The summed E-state index contributed by atoms with van der Waals surface area (Å²) in [6, 6.07) is 1.86. The Balaban J connectivity index is 2.21. The molecule has 0 amide bonds. The van der Waals surface area contributed by atoms with Crippen LogP contribution in [0.25, 0.3) is 11.5 Å². The van der Waals surface area contributed by atoms with Gasteiger partial charge in [0.2, 0.25) is 11.7 Å². The van der Waals surface area contributed by atoms with Crippen molar-refractivity contribution in [3.05, 3.63) is 27.1 Å². The molecule has 94 valence electrons. The number of pyridine rings is 1. The molecular weight excluding hydrogens is 366 g/mol. The third-order valence-corrected chi connectivity index (χ3v) is 3.22. The van der Waals surface area contributed by atoms with E-state index in [0.717, 1.165) is 8.95 Å². The number of hydrogen-bond donors (Lipinski definition) is 0. The van der Waals surface area contributed by atoms with Crippen molar-refractivity contribution in [2.75, 3.05) is 0 Å². The summed E-state index contributed by atoms with van der Waals surface area (Å²) in [6.45, 7) is 1.53. The van der Waals surface area contributed by atoms with Gasteiger partial charge < -0.3 is 9.32 Å². The predicted octanol–water partition coefficient (Wildman–Crippen LogP) is 3.18. The third-order valence-electron chi connectivity index (χ3n) is 2.18. The quantitative estimate of drug-likeness (QED) is 0.821. The van der Waals surface area contributed by atoms with Crippen LogP contribution >= 0.6 is 31.9 Å². The Hall–Kier alpha value is -1.08. The Morgan fingerprint density at radius 3 is 2.89 bits per heavy atom. The lowest BCUT2D eigenvalue weighted by molar-refractivity contribution is -0.117. The van der Waals surface area contributed by atoms with Gasteiger partial charge in [-0.3, -0.25) is 4.98 Å². The van der Waals surface area contributed by atoms with Crippen LogP contribution in [0.4, 0.5) is 0 Å². The fourth-order valence-corrected chi connectivity index (χ4v) is 2.48. The first-order chi connectivity index (χ1) is 8.56. The molecule has 0 bridgehead atoms. The van der Waals surface area contributed by atoms with Gasteiger partial charge in [0.15, 0.2) is 0 Å². The van der Waals surface area contributed by atoms with E-state index in [1.54, 1.807) is 6.20 Å². The van der Waals surface area contributed by atoms with Gasteiger partial charge in [-0.05, 0) is 44.8 Å².